The average molecular weight is 365 g/mol. The lowest BCUT2D eigenvalue weighted by atomic mass is 10.2. The smallest absolute Gasteiger partial charge is 0.265 e. The van der Waals surface area contributed by atoms with Gasteiger partial charge < -0.3 is 14.8 Å². The second-order valence-corrected chi connectivity index (χ2v) is 5.66. The molecule has 7 nitrogen and oxygen atoms in total. The fourth-order valence-electron chi connectivity index (χ4n) is 2.34. The highest BCUT2D eigenvalue weighted by atomic mass is 16.6. The monoisotopic (exact) mass is 365 g/mol. The summed E-state index contributed by atoms with van der Waals surface area (Å²) in [5.74, 6) is 0.234. The molecule has 2 amide bonds. The van der Waals surface area contributed by atoms with Crippen molar-refractivity contribution in [2.75, 3.05) is 13.2 Å². The Hall–Kier alpha value is -3.61. The van der Waals surface area contributed by atoms with Crippen LogP contribution in [0, 0.1) is 0 Å². The molecule has 1 heterocycles. The second-order valence-electron chi connectivity index (χ2n) is 5.66. The van der Waals surface area contributed by atoms with Gasteiger partial charge in [0, 0.05) is 6.21 Å². The number of hydrogen-bond acceptors (Lipinski definition) is 5. The topological polar surface area (TPSA) is 89.0 Å². The molecular formula is C20H19N3O4. The van der Waals surface area contributed by atoms with Crippen LogP contribution in [-0.2, 0) is 9.59 Å². The summed E-state index contributed by atoms with van der Waals surface area (Å²) in [5.41, 5.74) is 3.36. The highest BCUT2D eigenvalue weighted by molar-refractivity contribution is 5.88. The molecule has 2 aromatic carbocycles. The molecule has 0 spiro atoms. The van der Waals surface area contributed by atoms with E-state index >= 15 is 0 Å². The molecule has 0 bridgehead atoms. The van der Waals surface area contributed by atoms with E-state index in [0.29, 0.717) is 11.5 Å². The first-order chi connectivity index (χ1) is 13.2. The normalized spacial score (nSPS) is 15.6. The number of carbonyl (C=O) groups excluding carboxylic acids is 2. The summed E-state index contributed by atoms with van der Waals surface area (Å²) in [6.07, 6.45) is 4.22. The van der Waals surface area contributed by atoms with Crippen molar-refractivity contribution in [2.45, 2.75) is 6.10 Å². The molecule has 0 aromatic heterocycles. The highest BCUT2D eigenvalue weighted by Gasteiger charge is 2.27. The molecule has 1 atom stereocenters. The lowest BCUT2D eigenvalue weighted by molar-refractivity contribution is -0.132. The van der Waals surface area contributed by atoms with Crippen molar-refractivity contribution in [3.63, 3.8) is 0 Å². The van der Waals surface area contributed by atoms with Crippen LogP contribution < -0.4 is 20.2 Å². The van der Waals surface area contributed by atoms with Crippen LogP contribution in [-0.4, -0.2) is 37.3 Å². The van der Waals surface area contributed by atoms with E-state index in [1.165, 1.54) is 6.21 Å². The number of hydrazone groups is 1. The first kappa shape index (κ1) is 18.2. The molecule has 2 aromatic rings. The number of benzene rings is 2. The summed E-state index contributed by atoms with van der Waals surface area (Å²) in [5, 5.41) is 6.29. The quantitative estimate of drug-likeness (QED) is 0.603. The van der Waals surface area contributed by atoms with Crippen molar-refractivity contribution in [3.8, 4) is 11.5 Å². The van der Waals surface area contributed by atoms with Crippen LogP contribution in [0.4, 0.5) is 0 Å². The molecule has 0 saturated heterocycles. The van der Waals surface area contributed by atoms with Gasteiger partial charge in [0.05, 0.1) is 6.54 Å². The Labute approximate surface area is 156 Å². The molecule has 0 fully saturated rings. The van der Waals surface area contributed by atoms with E-state index in [0.717, 1.165) is 5.56 Å². The van der Waals surface area contributed by atoms with Gasteiger partial charge in [0.15, 0.2) is 11.5 Å². The maximum Gasteiger partial charge on any atom is 0.265 e. The minimum absolute atomic E-state index is 0.0902. The van der Waals surface area contributed by atoms with E-state index in [2.05, 4.69) is 15.8 Å². The Morgan fingerprint density at radius 2 is 1.81 bits per heavy atom. The number of para-hydroxylation sites is 2. The number of fused-ring (bicyclic) bond motifs is 1. The SMILES string of the molecule is O=C(CNC(=O)C1COc2ccccc2O1)N/N=C/C=C/c1ccccc1. The third kappa shape index (κ3) is 5.43. The van der Waals surface area contributed by atoms with Gasteiger partial charge >= 0.3 is 0 Å². The summed E-state index contributed by atoms with van der Waals surface area (Å²) in [6, 6.07) is 16.8. The zero-order chi connectivity index (χ0) is 18.9. The molecule has 138 valence electrons. The van der Waals surface area contributed by atoms with Crippen molar-refractivity contribution < 1.29 is 19.1 Å². The van der Waals surface area contributed by atoms with Crippen molar-refractivity contribution in [1.82, 2.24) is 10.7 Å². The predicted molar refractivity (Wildman–Crippen MR) is 101 cm³/mol. The molecule has 2 N–H and O–H groups in total. The fraction of sp³-hybridized carbons (Fsp3) is 0.150. The number of carbonyl (C=O) groups is 2. The Bertz CT molecular complexity index is 849. The average Bonchev–Trinajstić information content (AvgIpc) is 2.72. The molecule has 0 saturated carbocycles. The fourth-order valence-corrected chi connectivity index (χ4v) is 2.34. The maximum atomic E-state index is 12.1. The minimum Gasteiger partial charge on any atom is -0.485 e. The van der Waals surface area contributed by atoms with Crippen LogP contribution in [0.25, 0.3) is 6.08 Å². The van der Waals surface area contributed by atoms with Crippen molar-refractivity contribution >= 4 is 24.1 Å². The first-order valence-corrected chi connectivity index (χ1v) is 8.42. The van der Waals surface area contributed by atoms with Gasteiger partial charge in [0.1, 0.15) is 6.61 Å². The van der Waals surface area contributed by atoms with Gasteiger partial charge in [-0.15, -0.1) is 0 Å². The summed E-state index contributed by atoms with van der Waals surface area (Å²) < 4.78 is 11.0. The van der Waals surface area contributed by atoms with Crippen LogP contribution in [0.15, 0.2) is 65.8 Å². The van der Waals surface area contributed by atoms with Crippen molar-refractivity contribution in [1.29, 1.82) is 0 Å². The largest absolute Gasteiger partial charge is 0.485 e. The van der Waals surface area contributed by atoms with Gasteiger partial charge in [0.2, 0.25) is 6.10 Å². The van der Waals surface area contributed by atoms with E-state index in [1.807, 2.05) is 42.5 Å². The Kier molecular flexibility index (Phi) is 6.19. The lowest BCUT2D eigenvalue weighted by Gasteiger charge is -2.25. The summed E-state index contributed by atoms with van der Waals surface area (Å²) in [6.45, 7) is -0.118. The third-order valence-electron chi connectivity index (χ3n) is 3.66. The molecule has 1 aliphatic rings. The molecule has 3 rings (SSSR count). The number of ether oxygens (including phenoxy) is 2. The van der Waals surface area contributed by atoms with Crippen molar-refractivity contribution in [3.05, 3.63) is 66.2 Å². The zero-order valence-electron chi connectivity index (χ0n) is 14.5. The predicted octanol–water partition coefficient (Wildman–Crippen LogP) is 1.76. The van der Waals surface area contributed by atoms with E-state index in [-0.39, 0.29) is 13.2 Å². The van der Waals surface area contributed by atoms with Crippen molar-refractivity contribution in [2.24, 2.45) is 5.10 Å². The van der Waals surface area contributed by atoms with Gasteiger partial charge in [-0.2, -0.15) is 5.10 Å². The number of hydrogen-bond donors (Lipinski definition) is 2. The van der Waals surface area contributed by atoms with Gasteiger partial charge in [-0.3, -0.25) is 9.59 Å². The number of nitrogens with zero attached hydrogens (tertiary/aromatic N) is 1. The van der Waals surface area contributed by atoms with Gasteiger partial charge in [-0.1, -0.05) is 48.5 Å². The third-order valence-corrected chi connectivity index (χ3v) is 3.66. The van der Waals surface area contributed by atoms with E-state index in [4.69, 9.17) is 9.47 Å². The summed E-state index contributed by atoms with van der Waals surface area (Å²) in [7, 11) is 0. The maximum absolute atomic E-state index is 12.1. The van der Waals surface area contributed by atoms with Gasteiger partial charge in [0.25, 0.3) is 11.8 Å². The Balaban J connectivity index is 1.38. The second kappa shape index (κ2) is 9.19. The summed E-state index contributed by atoms with van der Waals surface area (Å²) >= 11 is 0. The standard InChI is InChI=1S/C20H19N3O4/c24-19(23-22-12-6-9-15-7-2-1-3-8-15)13-21-20(25)18-14-26-16-10-4-5-11-17(16)27-18/h1-12,18H,13-14H2,(H,21,25)(H,23,24)/b9-6+,22-12+. The summed E-state index contributed by atoms with van der Waals surface area (Å²) in [4.78, 5) is 23.8. The van der Waals surface area contributed by atoms with E-state index < -0.39 is 17.9 Å². The molecule has 0 aliphatic carbocycles. The van der Waals surface area contributed by atoms with Crippen LogP contribution in [0.5, 0.6) is 11.5 Å². The van der Waals surface area contributed by atoms with E-state index in [1.54, 1.807) is 24.3 Å². The highest BCUT2D eigenvalue weighted by Crippen LogP contribution is 2.30. The Morgan fingerprint density at radius 3 is 2.63 bits per heavy atom. The van der Waals surface area contributed by atoms with Gasteiger partial charge in [-0.25, -0.2) is 5.43 Å². The molecule has 1 unspecified atom stereocenters. The van der Waals surface area contributed by atoms with Crippen LogP contribution in [0.1, 0.15) is 5.56 Å². The van der Waals surface area contributed by atoms with Gasteiger partial charge in [-0.05, 0) is 23.8 Å². The molecule has 27 heavy (non-hydrogen) atoms. The van der Waals surface area contributed by atoms with Crippen LogP contribution in [0.3, 0.4) is 0 Å². The number of nitrogens with one attached hydrogen (secondary N) is 2. The molecular weight excluding hydrogens is 346 g/mol. The number of amides is 2. The number of rotatable bonds is 6. The molecule has 0 radical (unpaired) electrons. The molecule has 1 aliphatic heterocycles. The lowest BCUT2D eigenvalue weighted by Crippen LogP contribution is -2.46. The van der Waals surface area contributed by atoms with Crippen LogP contribution in [0.2, 0.25) is 0 Å². The van der Waals surface area contributed by atoms with Crippen LogP contribution >= 0.6 is 0 Å². The zero-order valence-corrected chi connectivity index (χ0v) is 14.5. The van der Waals surface area contributed by atoms with E-state index in [9.17, 15) is 9.59 Å². The number of allylic oxidation sites excluding steroid dienone is 1. The Morgan fingerprint density at radius 1 is 1.07 bits per heavy atom. The first-order valence-electron chi connectivity index (χ1n) is 8.42. The minimum atomic E-state index is -0.801. The molecule has 7 heteroatoms.